The van der Waals surface area contributed by atoms with Gasteiger partial charge in [0.1, 0.15) is 0 Å². The van der Waals surface area contributed by atoms with Gasteiger partial charge in [-0.05, 0) is 70.9 Å². The first-order valence-corrected chi connectivity index (χ1v) is 22.8. The van der Waals surface area contributed by atoms with Crippen LogP contribution in [-0.4, -0.2) is 19.9 Å². The highest BCUT2D eigenvalue weighted by Gasteiger charge is 2.31. The van der Waals surface area contributed by atoms with Crippen molar-refractivity contribution in [3.63, 3.8) is 0 Å². The van der Waals surface area contributed by atoms with Gasteiger partial charge in [0, 0.05) is 33.2 Å². The van der Waals surface area contributed by atoms with E-state index in [1.165, 1.54) is 27.8 Å². The number of hydrogen-bond acceptors (Lipinski definition) is 4. The highest BCUT2D eigenvalue weighted by atomic mass is 14.9. The zero-order chi connectivity index (χ0) is 45.3. The van der Waals surface area contributed by atoms with E-state index in [9.17, 15) is 0 Å². The summed E-state index contributed by atoms with van der Waals surface area (Å²) in [6.07, 6.45) is 8.42. The topological polar surface area (TPSA) is 51.6 Å². The smallest absolute Gasteiger partial charge is 0.160 e. The van der Waals surface area contributed by atoms with Gasteiger partial charge in [0.15, 0.2) is 11.6 Å². The second-order valence-corrected chi connectivity index (χ2v) is 16.5. The third-order valence-electron chi connectivity index (χ3n) is 12.7. The van der Waals surface area contributed by atoms with Crippen molar-refractivity contribution >= 4 is 5.57 Å². The maximum atomic E-state index is 5.14. The fourth-order valence-corrected chi connectivity index (χ4v) is 8.86. The molecule has 2 aromatic heterocycles. The van der Waals surface area contributed by atoms with Crippen LogP contribution in [-0.2, 0) is 5.41 Å². The lowest BCUT2D eigenvalue weighted by atomic mass is 9.69. The first kappa shape index (κ1) is 43.2. The predicted octanol–water partition coefficient (Wildman–Crippen LogP) is 16.2. The number of aromatic nitrogens is 4. The number of hydrogen-bond donors (Lipinski definition) is 0. The molecule has 9 aromatic rings. The Bertz CT molecular complexity index is 3120. The molecule has 2 heterocycles. The van der Waals surface area contributed by atoms with Crippen molar-refractivity contribution in [3.05, 3.63) is 248 Å². The van der Waals surface area contributed by atoms with Gasteiger partial charge in [0.2, 0.25) is 0 Å². The SMILES string of the molecule is C=C(/C=C\C(=C/C)C(CC)(CC)c1ccc(-c2cc(-c3ccc(-c4ccccc4)cc3)nc(-c3ccccc3)n2)cc1)c1cc(-c2ccc(-c3ccccc3)cc2)nc(-c2ccccc2)n1. The molecule has 0 atom stereocenters. The monoisotopic (exact) mass is 852 g/mol. The summed E-state index contributed by atoms with van der Waals surface area (Å²) in [7, 11) is 0. The molecular formula is C62H52N4. The number of rotatable bonds is 14. The van der Waals surface area contributed by atoms with Crippen LogP contribution in [0.25, 0.3) is 84.4 Å². The van der Waals surface area contributed by atoms with Crippen LogP contribution in [0.15, 0.2) is 237 Å². The Balaban J connectivity index is 1.01. The minimum absolute atomic E-state index is 0.233. The average Bonchev–Trinajstić information content (AvgIpc) is 3.40. The molecule has 0 aliphatic heterocycles. The fraction of sp³-hybridized carbons (Fsp3) is 0.0968. The molecule has 0 spiro atoms. The number of benzene rings is 7. The van der Waals surface area contributed by atoms with E-state index < -0.39 is 0 Å². The van der Waals surface area contributed by atoms with Crippen LogP contribution in [0.2, 0.25) is 0 Å². The van der Waals surface area contributed by atoms with Crippen molar-refractivity contribution in [3.8, 4) is 78.8 Å². The lowest BCUT2D eigenvalue weighted by molar-refractivity contribution is 0.476. The lowest BCUT2D eigenvalue weighted by Gasteiger charge is -2.34. The van der Waals surface area contributed by atoms with E-state index in [0.717, 1.165) is 74.6 Å². The van der Waals surface area contributed by atoms with Gasteiger partial charge in [0.25, 0.3) is 0 Å². The Labute approximate surface area is 389 Å². The summed E-state index contributed by atoms with van der Waals surface area (Å²) in [5.74, 6) is 1.37. The minimum atomic E-state index is -0.233. The summed E-state index contributed by atoms with van der Waals surface area (Å²) < 4.78 is 0. The third kappa shape index (κ3) is 9.27. The van der Waals surface area contributed by atoms with Crippen molar-refractivity contribution in [1.82, 2.24) is 19.9 Å². The van der Waals surface area contributed by atoms with Gasteiger partial charge < -0.3 is 0 Å². The molecule has 0 saturated carbocycles. The lowest BCUT2D eigenvalue weighted by Crippen LogP contribution is -2.26. The highest BCUT2D eigenvalue weighted by molar-refractivity contribution is 5.78. The first-order valence-electron chi connectivity index (χ1n) is 22.8. The molecular weight excluding hydrogens is 801 g/mol. The fourth-order valence-electron chi connectivity index (χ4n) is 8.86. The van der Waals surface area contributed by atoms with Gasteiger partial charge in [-0.15, -0.1) is 0 Å². The largest absolute Gasteiger partial charge is 0.228 e. The van der Waals surface area contributed by atoms with Crippen LogP contribution >= 0.6 is 0 Å². The van der Waals surface area contributed by atoms with E-state index in [4.69, 9.17) is 19.9 Å². The predicted molar refractivity (Wildman–Crippen MR) is 276 cm³/mol. The molecule has 320 valence electrons. The molecule has 4 nitrogen and oxygen atoms in total. The summed E-state index contributed by atoms with van der Waals surface area (Å²) in [6, 6.07) is 71.6. The summed E-state index contributed by atoms with van der Waals surface area (Å²) in [4.78, 5) is 20.4. The maximum Gasteiger partial charge on any atom is 0.160 e. The highest BCUT2D eigenvalue weighted by Crippen LogP contribution is 2.41. The van der Waals surface area contributed by atoms with Crippen LogP contribution in [0.4, 0.5) is 0 Å². The Morgan fingerprint density at radius 2 is 0.758 bits per heavy atom. The Morgan fingerprint density at radius 3 is 1.17 bits per heavy atom. The molecule has 4 heteroatoms. The van der Waals surface area contributed by atoms with Gasteiger partial charge in [-0.1, -0.05) is 233 Å². The molecule has 0 unspecified atom stereocenters. The molecule has 0 amide bonds. The second kappa shape index (κ2) is 19.8. The molecule has 0 fully saturated rings. The van der Waals surface area contributed by atoms with Gasteiger partial charge >= 0.3 is 0 Å². The Morgan fingerprint density at radius 1 is 0.409 bits per heavy atom. The molecule has 0 radical (unpaired) electrons. The average molecular weight is 853 g/mol. The van der Waals surface area contributed by atoms with Crippen molar-refractivity contribution < 1.29 is 0 Å². The zero-order valence-corrected chi connectivity index (χ0v) is 37.8. The van der Waals surface area contributed by atoms with E-state index in [1.54, 1.807) is 0 Å². The number of allylic oxidation sites excluding steroid dienone is 5. The summed E-state index contributed by atoms with van der Waals surface area (Å²) >= 11 is 0. The molecule has 9 rings (SSSR count). The van der Waals surface area contributed by atoms with Crippen molar-refractivity contribution in [1.29, 1.82) is 0 Å². The summed E-state index contributed by atoms with van der Waals surface area (Å²) in [5.41, 5.74) is 16.2. The van der Waals surface area contributed by atoms with Crippen molar-refractivity contribution in [2.75, 3.05) is 0 Å². The van der Waals surface area contributed by atoms with Crippen LogP contribution < -0.4 is 0 Å². The van der Waals surface area contributed by atoms with Gasteiger partial charge in [0.05, 0.1) is 22.8 Å². The summed E-state index contributed by atoms with van der Waals surface area (Å²) in [6.45, 7) is 11.3. The van der Waals surface area contributed by atoms with Gasteiger partial charge in [-0.3, -0.25) is 0 Å². The van der Waals surface area contributed by atoms with Crippen molar-refractivity contribution in [2.24, 2.45) is 0 Å². The normalized spacial score (nSPS) is 11.8. The first-order chi connectivity index (χ1) is 32.4. The minimum Gasteiger partial charge on any atom is -0.228 e. The molecule has 0 aliphatic carbocycles. The van der Waals surface area contributed by atoms with E-state index in [2.05, 4.69) is 203 Å². The van der Waals surface area contributed by atoms with E-state index >= 15 is 0 Å². The van der Waals surface area contributed by atoms with Gasteiger partial charge in [-0.25, -0.2) is 19.9 Å². The molecule has 0 saturated heterocycles. The van der Waals surface area contributed by atoms with Crippen LogP contribution in [0.1, 0.15) is 44.9 Å². The zero-order valence-electron chi connectivity index (χ0n) is 37.8. The van der Waals surface area contributed by atoms with Crippen LogP contribution in [0, 0.1) is 0 Å². The van der Waals surface area contributed by atoms with Crippen molar-refractivity contribution in [2.45, 2.75) is 39.0 Å². The molecule has 66 heavy (non-hydrogen) atoms. The van der Waals surface area contributed by atoms with E-state index in [0.29, 0.717) is 11.6 Å². The maximum absolute atomic E-state index is 5.14. The molecule has 0 aliphatic rings. The Kier molecular flexibility index (Phi) is 12.9. The van der Waals surface area contributed by atoms with E-state index in [1.807, 2.05) is 48.5 Å². The number of nitrogens with zero attached hydrogens (tertiary/aromatic N) is 4. The van der Waals surface area contributed by atoms with Crippen LogP contribution in [0.3, 0.4) is 0 Å². The molecule has 0 bridgehead atoms. The summed E-state index contributed by atoms with van der Waals surface area (Å²) in [5, 5.41) is 0. The van der Waals surface area contributed by atoms with Gasteiger partial charge in [-0.2, -0.15) is 0 Å². The quantitative estimate of drug-likeness (QED) is 0.102. The van der Waals surface area contributed by atoms with Crippen LogP contribution in [0.5, 0.6) is 0 Å². The standard InChI is InChI=1S/C62H52N4/c1-5-54(39-28-44(4)56-42-57(64-60(63-56)52-24-16-10-17-25-52)49-33-29-47(30-34-49)45-20-12-8-13-21-45)62(6-2,7-3)55-40-37-51(38-41-55)59-43-58(65-61(66-59)53-26-18-11-19-27-53)50-35-31-48(32-36-50)46-22-14-9-15-23-46/h5,8-43H,4,6-7H2,1-3H3/b39-28-,54-5+. The Hall–Kier alpha value is -8.08. The second-order valence-electron chi connectivity index (χ2n) is 16.5. The van der Waals surface area contributed by atoms with E-state index in [-0.39, 0.29) is 5.41 Å². The molecule has 0 N–H and O–H groups in total. The molecule has 7 aromatic carbocycles. The third-order valence-corrected chi connectivity index (χ3v) is 12.7.